The largest absolute Gasteiger partial charge is 0.412 e. The summed E-state index contributed by atoms with van der Waals surface area (Å²) in [6.07, 6.45) is 4.49. The Morgan fingerprint density at radius 3 is 1.93 bits per heavy atom. The summed E-state index contributed by atoms with van der Waals surface area (Å²) in [6, 6.07) is 0. The zero-order valence-corrected chi connectivity index (χ0v) is 21.4. The lowest BCUT2D eigenvalue weighted by Crippen LogP contribution is -2.53. The van der Waals surface area contributed by atoms with Crippen LogP contribution in [0.3, 0.4) is 0 Å². The van der Waals surface area contributed by atoms with Gasteiger partial charge in [-0.2, -0.15) is 0 Å². The standard InChI is InChI=1S/C21H38O3S2Si/c1-13(2)27(14(3)4,15(5)6)24-18-11-17(22)19(25-9)16(20(23)26-10)12-21(18,7)8/h13-15,18H,11-12H2,1-10H3. The predicted molar refractivity (Wildman–Crippen MR) is 123 cm³/mol. The zero-order chi connectivity index (χ0) is 21.2. The summed E-state index contributed by atoms with van der Waals surface area (Å²) in [5.74, 6) is 0.0645. The average Bonchev–Trinajstić information content (AvgIpc) is 2.64. The van der Waals surface area contributed by atoms with Crippen LogP contribution in [0.5, 0.6) is 0 Å². The van der Waals surface area contributed by atoms with Crippen molar-refractivity contribution in [3.05, 3.63) is 10.5 Å². The van der Waals surface area contributed by atoms with E-state index < -0.39 is 8.32 Å². The number of ketones is 1. The quantitative estimate of drug-likeness (QED) is 0.435. The van der Waals surface area contributed by atoms with Gasteiger partial charge in [0.1, 0.15) is 0 Å². The van der Waals surface area contributed by atoms with Crippen LogP contribution in [0.4, 0.5) is 0 Å². The van der Waals surface area contributed by atoms with Gasteiger partial charge in [-0.25, -0.2) is 0 Å². The van der Waals surface area contributed by atoms with Gasteiger partial charge in [0.2, 0.25) is 13.4 Å². The highest BCUT2D eigenvalue weighted by molar-refractivity contribution is 8.13. The molecule has 0 aromatic heterocycles. The topological polar surface area (TPSA) is 43.4 Å². The molecule has 0 spiro atoms. The summed E-state index contributed by atoms with van der Waals surface area (Å²) in [5.41, 5.74) is 1.82. The van der Waals surface area contributed by atoms with Gasteiger partial charge in [-0.3, -0.25) is 9.59 Å². The number of carbonyl (C=O) groups is 2. The number of Topliss-reactive ketones (excluding diaryl/α,β-unsaturated/α-hetero) is 1. The third-order valence-corrected chi connectivity index (χ3v) is 13.7. The molecule has 1 aliphatic rings. The van der Waals surface area contributed by atoms with Crippen molar-refractivity contribution in [2.24, 2.45) is 5.41 Å². The van der Waals surface area contributed by atoms with Crippen molar-refractivity contribution in [2.75, 3.05) is 12.5 Å². The van der Waals surface area contributed by atoms with E-state index in [1.807, 2.05) is 6.26 Å². The second kappa shape index (κ2) is 9.64. The summed E-state index contributed by atoms with van der Waals surface area (Å²) in [5, 5.41) is 0.0153. The Labute approximate surface area is 176 Å². The van der Waals surface area contributed by atoms with Crippen LogP contribution in [0.1, 0.15) is 68.2 Å². The fourth-order valence-electron chi connectivity index (χ4n) is 4.74. The molecule has 0 bridgehead atoms. The van der Waals surface area contributed by atoms with Crippen LogP contribution in [0, 0.1) is 5.41 Å². The monoisotopic (exact) mass is 430 g/mol. The number of hydrogen-bond acceptors (Lipinski definition) is 5. The molecule has 1 aliphatic carbocycles. The van der Waals surface area contributed by atoms with E-state index in [-0.39, 0.29) is 22.4 Å². The third-order valence-electron chi connectivity index (χ3n) is 6.09. The predicted octanol–water partition coefficient (Wildman–Crippen LogP) is 6.44. The van der Waals surface area contributed by atoms with Gasteiger partial charge in [0.15, 0.2) is 5.78 Å². The Balaban J connectivity index is 3.40. The van der Waals surface area contributed by atoms with Crippen LogP contribution in [0.15, 0.2) is 10.5 Å². The number of allylic oxidation sites excluding steroid dienone is 1. The number of carbonyl (C=O) groups excluding carboxylic acids is 2. The third kappa shape index (κ3) is 5.12. The van der Waals surface area contributed by atoms with E-state index in [1.165, 1.54) is 23.5 Å². The van der Waals surface area contributed by atoms with Crippen molar-refractivity contribution in [2.45, 2.75) is 91.0 Å². The highest BCUT2D eigenvalue weighted by atomic mass is 32.2. The van der Waals surface area contributed by atoms with Gasteiger partial charge in [0.05, 0.1) is 11.0 Å². The summed E-state index contributed by atoms with van der Waals surface area (Å²) in [7, 11) is -2.11. The molecule has 0 amide bonds. The molecule has 156 valence electrons. The molecule has 1 unspecified atom stereocenters. The molecule has 3 nitrogen and oxygen atoms in total. The number of thioether (sulfide) groups is 2. The lowest BCUT2D eigenvalue weighted by Gasteiger charge is -2.47. The highest BCUT2D eigenvalue weighted by Gasteiger charge is 2.50. The molecule has 0 heterocycles. The van der Waals surface area contributed by atoms with Gasteiger partial charge in [0.25, 0.3) is 0 Å². The molecule has 1 atom stereocenters. The van der Waals surface area contributed by atoms with Crippen molar-refractivity contribution in [3.8, 4) is 0 Å². The highest BCUT2D eigenvalue weighted by Crippen LogP contribution is 2.48. The van der Waals surface area contributed by atoms with E-state index in [2.05, 4.69) is 55.4 Å². The van der Waals surface area contributed by atoms with E-state index in [0.29, 0.717) is 39.9 Å². The lowest BCUT2D eigenvalue weighted by atomic mass is 9.81. The molecule has 1 rings (SSSR count). The SMILES string of the molecule is CSC(=O)C1=C(SC)C(=O)CC(O[Si](C(C)C)(C(C)C)C(C)C)C(C)(C)C1. The van der Waals surface area contributed by atoms with E-state index >= 15 is 0 Å². The normalized spacial score (nSPS) is 21.4. The molecule has 0 aliphatic heterocycles. The number of hydrogen-bond donors (Lipinski definition) is 0. The number of rotatable bonds is 7. The van der Waals surface area contributed by atoms with Gasteiger partial charge < -0.3 is 4.43 Å². The first-order valence-electron chi connectivity index (χ1n) is 9.91. The molecule has 0 aromatic rings. The second-order valence-corrected chi connectivity index (χ2v) is 16.2. The summed E-state index contributed by atoms with van der Waals surface area (Å²) < 4.78 is 7.05. The van der Waals surface area contributed by atoms with Crippen LogP contribution in [-0.4, -0.2) is 37.8 Å². The molecule has 0 N–H and O–H groups in total. The molecule has 0 fully saturated rings. The van der Waals surface area contributed by atoms with Gasteiger partial charge >= 0.3 is 0 Å². The molecule has 0 saturated heterocycles. The Hall–Kier alpha value is -0.0431. The lowest BCUT2D eigenvalue weighted by molar-refractivity contribution is -0.117. The summed E-state index contributed by atoms with van der Waals surface area (Å²) in [4.78, 5) is 26.2. The van der Waals surface area contributed by atoms with Gasteiger partial charge in [-0.05, 0) is 41.0 Å². The molecule has 6 heteroatoms. The molecule has 0 saturated carbocycles. The van der Waals surface area contributed by atoms with E-state index in [0.717, 1.165) is 0 Å². The van der Waals surface area contributed by atoms with Crippen LogP contribution in [0.25, 0.3) is 0 Å². The van der Waals surface area contributed by atoms with Crippen LogP contribution < -0.4 is 0 Å². The van der Waals surface area contributed by atoms with Crippen molar-refractivity contribution >= 4 is 42.7 Å². The zero-order valence-electron chi connectivity index (χ0n) is 18.8. The van der Waals surface area contributed by atoms with Gasteiger partial charge in [0, 0.05) is 12.0 Å². The fraction of sp³-hybridized carbons (Fsp3) is 0.810. The Kier molecular flexibility index (Phi) is 8.92. The van der Waals surface area contributed by atoms with Gasteiger partial charge in [-0.1, -0.05) is 67.2 Å². The Morgan fingerprint density at radius 2 is 1.56 bits per heavy atom. The molecule has 27 heavy (non-hydrogen) atoms. The van der Waals surface area contributed by atoms with E-state index in [9.17, 15) is 9.59 Å². The minimum Gasteiger partial charge on any atom is -0.412 e. The van der Waals surface area contributed by atoms with E-state index in [4.69, 9.17) is 4.43 Å². The molecular formula is C21H38O3S2Si. The molecular weight excluding hydrogens is 392 g/mol. The maximum atomic E-state index is 13.1. The summed E-state index contributed by atoms with van der Waals surface area (Å²) >= 11 is 2.61. The molecule has 0 aromatic carbocycles. The maximum Gasteiger partial charge on any atom is 0.216 e. The van der Waals surface area contributed by atoms with E-state index in [1.54, 1.807) is 6.26 Å². The minimum atomic E-state index is -2.11. The second-order valence-electron chi connectivity index (χ2n) is 9.22. The minimum absolute atomic E-state index is 0.0153. The van der Waals surface area contributed by atoms with Crippen LogP contribution in [0.2, 0.25) is 16.6 Å². The first-order chi connectivity index (χ1) is 12.3. The molecule has 0 radical (unpaired) electrons. The smallest absolute Gasteiger partial charge is 0.216 e. The van der Waals surface area contributed by atoms with Crippen molar-refractivity contribution in [3.63, 3.8) is 0 Å². The maximum absolute atomic E-state index is 13.1. The Morgan fingerprint density at radius 1 is 1.07 bits per heavy atom. The first-order valence-corrected chi connectivity index (χ1v) is 14.5. The van der Waals surface area contributed by atoms with Crippen molar-refractivity contribution in [1.82, 2.24) is 0 Å². The first kappa shape index (κ1) is 25.0. The van der Waals surface area contributed by atoms with Gasteiger partial charge in [-0.15, -0.1) is 11.8 Å². The van der Waals surface area contributed by atoms with Crippen LogP contribution >= 0.6 is 23.5 Å². The van der Waals surface area contributed by atoms with Crippen molar-refractivity contribution in [1.29, 1.82) is 0 Å². The van der Waals surface area contributed by atoms with Crippen molar-refractivity contribution < 1.29 is 14.0 Å². The average molecular weight is 431 g/mol. The Bertz CT molecular complexity index is 572. The fourth-order valence-corrected chi connectivity index (χ4v) is 11.7. The summed E-state index contributed by atoms with van der Waals surface area (Å²) in [6.45, 7) is 17.9. The van der Waals surface area contributed by atoms with Crippen LogP contribution in [-0.2, 0) is 14.0 Å².